The Kier molecular flexibility index (Phi) is 3.24. The van der Waals surface area contributed by atoms with Gasteiger partial charge in [0, 0.05) is 19.6 Å². The van der Waals surface area contributed by atoms with Crippen molar-refractivity contribution in [3.8, 4) is 0 Å². The van der Waals surface area contributed by atoms with Gasteiger partial charge in [0.15, 0.2) is 0 Å². The molecular formula is C13H15N5O. The van der Waals surface area contributed by atoms with Gasteiger partial charge in [-0.15, -0.1) is 0 Å². The molecule has 1 aliphatic rings. The molecule has 2 N–H and O–H groups in total. The molecule has 19 heavy (non-hydrogen) atoms. The molecule has 0 aliphatic carbocycles. The zero-order chi connectivity index (χ0) is 13.1. The lowest BCUT2D eigenvalue weighted by Gasteiger charge is -2.07. The highest BCUT2D eigenvalue weighted by Crippen LogP contribution is 2.16. The number of benzene rings is 1. The first kappa shape index (κ1) is 11.9. The second-order valence-electron chi connectivity index (χ2n) is 4.58. The van der Waals surface area contributed by atoms with E-state index in [2.05, 4.69) is 38.9 Å². The van der Waals surface area contributed by atoms with Crippen molar-refractivity contribution in [1.29, 1.82) is 0 Å². The summed E-state index contributed by atoms with van der Waals surface area (Å²) in [6, 6.07) is 6.32. The van der Waals surface area contributed by atoms with Crippen molar-refractivity contribution in [2.24, 2.45) is 0 Å². The third-order valence-corrected chi connectivity index (χ3v) is 3.16. The van der Waals surface area contributed by atoms with E-state index in [-0.39, 0.29) is 12.5 Å². The van der Waals surface area contributed by atoms with Crippen molar-refractivity contribution < 1.29 is 4.79 Å². The fourth-order valence-corrected chi connectivity index (χ4v) is 2.18. The van der Waals surface area contributed by atoms with Crippen molar-refractivity contribution >= 4 is 5.91 Å². The van der Waals surface area contributed by atoms with Crippen molar-refractivity contribution in [1.82, 2.24) is 25.4 Å². The van der Waals surface area contributed by atoms with E-state index in [1.165, 1.54) is 28.5 Å². The van der Waals surface area contributed by atoms with Gasteiger partial charge in [-0.05, 0) is 16.7 Å². The van der Waals surface area contributed by atoms with Crippen LogP contribution in [0.5, 0.6) is 0 Å². The van der Waals surface area contributed by atoms with Crippen LogP contribution in [0.15, 0.2) is 30.9 Å². The molecule has 1 aromatic carbocycles. The molecule has 0 bridgehead atoms. The molecule has 0 fully saturated rings. The summed E-state index contributed by atoms with van der Waals surface area (Å²) in [6.07, 6.45) is 2.95. The van der Waals surface area contributed by atoms with Crippen LogP contribution in [0.1, 0.15) is 16.7 Å². The molecule has 2 heterocycles. The number of carbonyl (C=O) groups excluding carboxylic acids is 1. The summed E-state index contributed by atoms with van der Waals surface area (Å²) >= 11 is 0. The molecular weight excluding hydrogens is 242 g/mol. The minimum absolute atomic E-state index is 0.0656. The van der Waals surface area contributed by atoms with Gasteiger partial charge in [-0.2, -0.15) is 5.10 Å². The van der Waals surface area contributed by atoms with Crippen LogP contribution >= 0.6 is 0 Å². The number of rotatable bonds is 4. The minimum atomic E-state index is -0.0656. The molecule has 1 aliphatic heterocycles. The highest BCUT2D eigenvalue weighted by atomic mass is 16.2. The van der Waals surface area contributed by atoms with Crippen LogP contribution in [0, 0.1) is 0 Å². The standard InChI is InChI=1S/C13H15N5O/c19-13(7-18-9-15-8-17-18)16-4-10-1-2-11-5-14-6-12(11)3-10/h1-3,8-9,14H,4-7H2,(H,16,19). The largest absolute Gasteiger partial charge is 0.350 e. The zero-order valence-electron chi connectivity index (χ0n) is 10.5. The van der Waals surface area contributed by atoms with E-state index in [0.29, 0.717) is 6.54 Å². The number of amides is 1. The van der Waals surface area contributed by atoms with Crippen LogP contribution in [0.3, 0.4) is 0 Å². The lowest BCUT2D eigenvalue weighted by atomic mass is 10.1. The summed E-state index contributed by atoms with van der Waals surface area (Å²) in [6.45, 7) is 2.59. The number of hydrogen-bond acceptors (Lipinski definition) is 4. The molecule has 1 amide bonds. The normalized spacial score (nSPS) is 13.3. The van der Waals surface area contributed by atoms with Crippen LogP contribution in [-0.2, 0) is 31.0 Å². The fourth-order valence-electron chi connectivity index (χ4n) is 2.18. The lowest BCUT2D eigenvalue weighted by Crippen LogP contribution is -2.27. The van der Waals surface area contributed by atoms with Gasteiger partial charge in [0.1, 0.15) is 19.2 Å². The highest BCUT2D eigenvalue weighted by Gasteiger charge is 2.10. The minimum Gasteiger partial charge on any atom is -0.350 e. The molecule has 3 rings (SSSR count). The maximum atomic E-state index is 11.7. The van der Waals surface area contributed by atoms with Crippen LogP contribution in [0.4, 0.5) is 0 Å². The Balaban J connectivity index is 1.56. The van der Waals surface area contributed by atoms with Gasteiger partial charge < -0.3 is 10.6 Å². The first-order chi connectivity index (χ1) is 9.31. The van der Waals surface area contributed by atoms with Crippen molar-refractivity contribution in [3.05, 3.63) is 47.5 Å². The summed E-state index contributed by atoms with van der Waals surface area (Å²) < 4.78 is 1.50. The Labute approximate surface area is 110 Å². The van der Waals surface area contributed by atoms with Crippen LogP contribution in [0.2, 0.25) is 0 Å². The predicted molar refractivity (Wildman–Crippen MR) is 68.9 cm³/mol. The average molecular weight is 257 g/mol. The summed E-state index contributed by atoms with van der Waals surface area (Å²) in [7, 11) is 0. The quantitative estimate of drug-likeness (QED) is 0.820. The Morgan fingerprint density at radius 3 is 3.11 bits per heavy atom. The molecule has 0 atom stereocenters. The number of aromatic nitrogens is 3. The number of fused-ring (bicyclic) bond motifs is 1. The second-order valence-corrected chi connectivity index (χ2v) is 4.58. The van der Waals surface area contributed by atoms with E-state index in [4.69, 9.17) is 0 Å². The molecule has 0 saturated carbocycles. The number of nitrogens with zero attached hydrogens (tertiary/aromatic N) is 3. The molecule has 2 aromatic rings. The Hall–Kier alpha value is -2.21. The lowest BCUT2D eigenvalue weighted by molar-refractivity contribution is -0.122. The van der Waals surface area contributed by atoms with Crippen LogP contribution < -0.4 is 10.6 Å². The van der Waals surface area contributed by atoms with Crippen LogP contribution in [-0.4, -0.2) is 20.7 Å². The van der Waals surface area contributed by atoms with Crippen LogP contribution in [0.25, 0.3) is 0 Å². The molecule has 0 unspecified atom stereocenters. The van der Waals surface area contributed by atoms with Gasteiger partial charge in [-0.25, -0.2) is 9.67 Å². The Morgan fingerprint density at radius 2 is 2.26 bits per heavy atom. The molecule has 6 nitrogen and oxygen atoms in total. The van der Waals surface area contributed by atoms with Crippen molar-refractivity contribution in [2.75, 3.05) is 0 Å². The summed E-state index contributed by atoms with van der Waals surface area (Å²) in [5.74, 6) is -0.0656. The molecule has 0 radical (unpaired) electrons. The van der Waals surface area contributed by atoms with Gasteiger partial charge in [-0.3, -0.25) is 4.79 Å². The van der Waals surface area contributed by atoms with Crippen molar-refractivity contribution in [2.45, 2.75) is 26.2 Å². The number of carbonyl (C=O) groups is 1. The van der Waals surface area contributed by atoms with E-state index in [0.717, 1.165) is 18.7 Å². The first-order valence-corrected chi connectivity index (χ1v) is 6.22. The summed E-state index contributed by atoms with van der Waals surface area (Å²) in [5.41, 5.74) is 3.79. The summed E-state index contributed by atoms with van der Waals surface area (Å²) in [5, 5.41) is 10.1. The smallest absolute Gasteiger partial charge is 0.242 e. The fraction of sp³-hybridized carbons (Fsp3) is 0.308. The van der Waals surface area contributed by atoms with E-state index in [1.807, 2.05) is 0 Å². The third kappa shape index (κ3) is 2.79. The molecule has 1 aromatic heterocycles. The van der Waals surface area contributed by atoms with Gasteiger partial charge >= 0.3 is 0 Å². The first-order valence-electron chi connectivity index (χ1n) is 6.22. The van der Waals surface area contributed by atoms with Gasteiger partial charge in [0.25, 0.3) is 0 Å². The summed E-state index contributed by atoms with van der Waals surface area (Å²) in [4.78, 5) is 15.5. The van der Waals surface area contributed by atoms with Gasteiger partial charge in [0.2, 0.25) is 5.91 Å². The highest BCUT2D eigenvalue weighted by molar-refractivity contribution is 5.75. The van der Waals surface area contributed by atoms with E-state index < -0.39 is 0 Å². The maximum Gasteiger partial charge on any atom is 0.242 e. The monoisotopic (exact) mass is 257 g/mol. The molecule has 0 spiro atoms. The maximum absolute atomic E-state index is 11.7. The SMILES string of the molecule is O=C(Cn1cncn1)NCc1ccc2c(c1)CNC2. The average Bonchev–Trinajstić information content (AvgIpc) is 3.06. The van der Waals surface area contributed by atoms with Gasteiger partial charge in [-0.1, -0.05) is 18.2 Å². The molecule has 98 valence electrons. The molecule has 6 heteroatoms. The predicted octanol–water partition coefficient (Wildman–Crippen LogP) is 0.198. The zero-order valence-corrected chi connectivity index (χ0v) is 10.5. The number of hydrogen-bond donors (Lipinski definition) is 2. The number of nitrogens with one attached hydrogen (secondary N) is 2. The van der Waals surface area contributed by atoms with Crippen molar-refractivity contribution in [3.63, 3.8) is 0 Å². The second kappa shape index (κ2) is 5.19. The topological polar surface area (TPSA) is 71.8 Å². The van der Waals surface area contributed by atoms with E-state index in [9.17, 15) is 4.79 Å². The Bertz CT molecular complexity index is 579. The molecule has 0 saturated heterocycles. The van der Waals surface area contributed by atoms with E-state index >= 15 is 0 Å². The Morgan fingerprint density at radius 1 is 1.37 bits per heavy atom. The van der Waals surface area contributed by atoms with Gasteiger partial charge in [0.05, 0.1) is 0 Å². The third-order valence-electron chi connectivity index (χ3n) is 3.16. The van der Waals surface area contributed by atoms with E-state index in [1.54, 1.807) is 0 Å².